The summed E-state index contributed by atoms with van der Waals surface area (Å²) in [6.07, 6.45) is 0. The van der Waals surface area contributed by atoms with E-state index in [1.165, 1.54) is 0 Å². The van der Waals surface area contributed by atoms with Gasteiger partial charge in [0.25, 0.3) is 5.91 Å². The molecule has 0 bridgehead atoms. The molecule has 0 spiro atoms. The first-order valence-electron chi connectivity index (χ1n) is 6.25. The highest BCUT2D eigenvalue weighted by molar-refractivity contribution is 5.93. The van der Waals surface area contributed by atoms with Crippen molar-refractivity contribution in [1.82, 2.24) is 15.2 Å². The molecule has 0 unspecified atom stereocenters. The Morgan fingerprint density at radius 1 is 1.35 bits per heavy atom. The third-order valence-corrected chi connectivity index (χ3v) is 3.17. The second-order valence-corrected chi connectivity index (χ2v) is 4.58. The van der Waals surface area contributed by atoms with E-state index in [1.807, 2.05) is 33.0 Å². The van der Waals surface area contributed by atoms with E-state index < -0.39 is 0 Å². The fraction of sp³-hybridized carbons (Fsp3) is 0.286. The molecule has 1 aromatic heterocycles. The number of nitrogens with zero attached hydrogens (tertiary/aromatic N) is 2. The number of nitrogens with two attached hydrogens (primary N) is 1. The Labute approximate surface area is 117 Å². The van der Waals surface area contributed by atoms with E-state index in [0.717, 1.165) is 22.7 Å². The van der Waals surface area contributed by atoms with Gasteiger partial charge in [0.15, 0.2) is 5.75 Å². The Bertz CT molecular complexity index is 617. The summed E-state index contributed by atoms with van der Waals surface area (Å²) in [6, 6.07) is 7.10. The standard InChI is InChI=1S/C14H18N4O2/c1-9-13(10(2)18(3)17-9)20-8-11-4-6-12(7-5-11)14(19)16-15/h4-7H,8,15H2,1-3H3,(H,16,19). The number of aromatic nitrogens is 2. The van der Waals surface area contributed by atoms with Crippen molar-refractivity contribution in [3.05, 3.63) is 46.8 Å². The summed E-state index contributed by atoms with van der Waals surface area (Å²) < 4.78 is 7.58. The lowest BCUT2D eigenvalue weighted by Gasteiger charge is -2.07. The SMILES string of the molecule is Cc1nn(C)c(C)c1OCc1ccc(C(=O)NN)cc1. The van der Waals surface area contributed by atoms with Gasteiger partial charge in [-0.1, -0.05) is 12.1 Å². The fourth-order valence-electron chi connectivity index (χ4n) is 1.95. The number of amides is 1. The lowest BCUT2D eigenvalue weighted by molar-refractivity contribution is 0.0953. The van der Waals surface area contributed by atoms with Gasteiger partial charge in [-0.05, 0) is 31.5 Å². The van der Waals surface area contributed by atoms with Gasteiger partial charge in [0.1, 0.15) is 12.3 Å². The highest BCUT2D eigenvalue weighted by atomic mass is 16.5. The lowest BCUT2D eigenvalue weighted by Crippen LogP contribution is -2.29. The molecule has 0 aliphatic rings. The van der Waals surface area contributed by atoms with Crippen LogP contribution in [-0.2, 0) is 13.7 Å². The molecule has 106 valence electrons. The van der Waals surface area contributed by atoms with Crippen LogP contribution in [0, 0.1) is 13.8 Å². The molecule has 0 radical (unpaired) electrons. The number of ether oxygens (including phenoxy) is 1. The molecule has 6 nitrogen and oxygen atoms in total. The van der Waals surface area contributed by atoms with Gasteiger partial charge in [0, 0.05) is 12.6 Å². The Kier molecular flexibility index (Phi) is 4.05. The lowest BCUT2D eigenvalue weighted by atomic mass is 10.1. The predicted octanol–water partition coefficient (Wildman–Crippen LogP) is 1.22. The maximum absolute atomic E-state index is 11.3. The van der Waals surface area contributed by atoms with E-state index in [1.54, 1.807) is 16.8 Å². The van der Waals surface area contributed by atoms with Crippen LogP contribution in [0.2, 0.25) is 0 Å². The summed E-state index contributed by atoms with van der Waals surface area (Å²) in [5.74, 6) is 5.57. The summed E-state index contributed by atoms with van der Waals surface area (Å²) in [5, 5.41) is 4.30. The summed E-state index contributed by atoms with van der Waals surface area (Å²) in [5.41, 5.74) is 5.44. The zero-order valence-corrected chi connectivity index (χ0v) is 11.8. The molecule has 2 rings (SSSR count). The van der Waals surface area contributed by atoms with Crippen molar-refractivity contribution in [2.45, 2.75) is 20.5 Å². The summed E-state index contributed by atoms with van der Waals surface area (Å²) in [7, 11) is 1.88. The normalized spacial score (nSPS) is 10.4. The largest absolute Gasteiger partial charge is 0.485 e. The van der Waals surface area contributed by atoms with Gasteiger partial charge >= 0.3 is 0 Å². The van der Waals surface area contributed by atoms with Crippen LogP contribution in [0.1, 0.15) is 27.3 Å². The molecule has 0 saturated heterocycles. The first kappa shape index (κ1) is 14.1. The molecule has 3 N–H and O–H groups in total. The molecular formula is C14H18N4O2. The third-order valence-electron chi connectivity index (χ3n) is 3.17. The van der Waals surface area contributed by atoms with Crippen molar-refractivity contribution in [2.75, 3.05) is 0 Å². The minimum Gasteiger partial charge on any atom is -0.485 e. The zero-order chi connectivity index (χ0) is 14.7. The highest BCUT2D eigenvalue weighted by Gasteiger charge is 2.10. The molecule has 20 heavy (non-hydrogen) atoms. The first-order chi connectivity index (χ1) is 9.52. The van der Waals surface area contributed by atoms with Gasteiger partial charge in [-0.15, -0.1) is 0 Å². The van der Waals surface area contributed by atoms with Crippen molar-refractivity contribution in [1.29, 1.82) is 0 Å². The van der Waals surface area contributed by atoms with Crippen LogP contribution in [0.25, 0.3) is 0 Å². The molecule has 0 fully saturated rings. The van der Waals surface area contributed by atoms with E-state index in [2.05, 4.69) is 10.5 Å². The van der Waals surface area contributed by atoms with Crippen LogP contribution >= 0.6 is 0 Å². The Morgan fingerprint density at radius 2 is 2.00 bits per heavy atom. The Hall–Kier alpha value is -2.34. The van der Waals surface area contributed by atoms with E-state index in [9.17, 15) is 4.79 Å². The smallest absolute Gasteiger partial charge is 0.265 e. The Balaban J connectivity index is 2.06. The molecule has 1 heterocycles. The molecule has 0 saturated carbocycles. The molecule has 2 aromatic rings. The van der Waals surface area contributed by atoms with E-state index in [-0.39, 0.29) is 5.91 Å². The van der Waals surface area contributed by atoms with Gasteiger partial charge in [0.2, 0.25) is 0 Å². The van der Waals surface area contributed by atoms with Crippen LogP contribution in [-0.4, -0.2) is 15.7 Å². The second kappa shape index (κ2) is 5.75. The zero-order valence-electron chi connectivity index (χ0n) is 11.8. The number of nitrogen functional groups attached to an aromatic ring is 1. The van der Waals surface area contributed by atoms with Crippen LogP contribution in [0.15, 0.2) is 24.3 Å². The van der Waals surface area contributed by atoms with Crippen molar-refractivity contribution in [3.63, 3.8) is 0 Å². The number of aryl methyl sites for hydroxylation is 2. The van der Waals surface area contributed by atoms with Gasteiger partial charge in [-0.3, -0.25) is 14.9 Å². The predicted molar refractivity (Wildman–Crippen MR) is 75.1 cm³/mol. The summed E-state index contributed by atoms with van der Waals surface area (Å²) >= 11 is 0. The highest BCUT2D eigenvalue weighted by Crippen LogP contribution is 2.22. The maximum atomic E-state index is 11.3. The molecule has 1 amide bonds. The molecule has 0 atom stereocenters. The van der Waals surface area contributed by atoms with Crippen LogP contribution in [0.3, 0.4) is 0 Å². The van der Waals surface area contributed by atoms with Gasteiger partial charge in [-0.25, -0.2) is 5.84 Å². The number of hydrogen-bond acceptors (Lipinski definition) is 4. The van der Waals surface area contributed by atoms with E-state index in [4.69, 9.17) is 10.6 Å². The van der Waals surface area contributed by atoms with Gasteiger partial charge in [-0.2, -0.15) is 5.10 Å². The minimum absolute atomic E-state index is 0.309. The van der Waals surface area contributed by atoms with Crippen molar-refractivity contribution >= 4 is 5.91 Å². The van der Waals surface area contributed by atoms with Gasteiger partial charge < -0.3 is 4.74 Å². The third kappa shape index (κ3) is 2.80. The average molecular weight is 274 g/mol. The monoisotopic (exact) mass is 274 g/mol. The van der Waals surface area contributed by atoms with E-state index >= 15 is 0 Å². The molecule has 6 heteroatoms. The average Bonchev–Trinajstić information content (AvgIpc) is 2.70. The first-order valence-corrected chi connectivity index (χ1v) is 6.25. The van der Waals surface area contributed by atoms with Crippen LogP contribution in [0.4, 0.5) is 0 Å². The summed E-state index contributed by atoms with van der Waals surface area (Å²) in [6.45, 7) is 4.30. The van der Waals surface area contributed by atoms with Crippen LogP contribution < -0.4 is 16.0 Å². The van der Waals surface area contributed by atoms with Crippen molar-refractivity contribution in [3.8, 4) is 5.75 Å². The number of hydrogen-bond donors (Lipinski definition) is 2. The molecular weight excluding hydrogens is 256 g/mol. The summed E-state index contributed by atoms with van der Waals surface area (Å²) in [4.78, 5) is 11.3. The Morgan fingerprint density at radius 3 is 2.50 bits per heavy atom. The number of hydrazine groups is 1. The van der Waals surface area contributed by atoms with Crippen LogP contribution in [0.5, 0.6) is 5.75 Å². The topological polar surface area (TPSA) is 82.2 Å². The number of carbonyl (C=O) groups excluding carboxylic acids is 1. The number of benzene rings is 1. The number of nitrogens with one attached hydrogen (secondary N) is 1. The molecule has 1 aromatic carbocycles. The molecule has 0 aliphatic carbocycles. The second-order valence-electron chi connectivity index (χ2n) is 4.58. The van der Waals surface area contributed by atoms with Crippen molar-refractivity contribution in [2.24, 2.45) is 12.9 Å². The van der Waals surface area contributed by atoms with E-state index in [0.29, 0.717) is 12.2 Å². The van der Waals surface area contributed by atoms with Gasteiger partial charge in [0.05, 0.1) is 5.69 Å². The van der Waals surface area contributed by atoms with Crippen molar-refractivity contribution < 1.29 is 9.53 Å². The number of carbonyl (C=O) groups is 1. The number of rotatable bonds is 4. The maximum Gasteiger partial charge on any atom is 0.265 e. The minimum atomic E-state index is -0.309. The molecule has 0 aliphatic heterocycles. The quantitative estimate of drug-likeness (QED) is 0.499. The fourth-order valence-corrected chi connectivity index (χ4v) is 1.95.